The predicted molar refractivity (Wildman–Crippen MR) is 72.5 cm³/mol. The van der Waals surface area contributed by atoms with Gasteiger partial charge in [0, 0.05) is 18.8 Å². The molecule has 6 nitrogen and oxygen atoms in total. The van der Waals surface area contributed by atoms with Crippen LogP contribution >= 0.6 is 0 Å². The minimum Gasteiger partial charge on any atom is -0.343 e. The Morgan fingerprint density at radius 3 is 2.63 bits per heavy atom. The summed E-state index contributed by atoms with van der Waals surface area (Å²) in [6, 6.07) is 3.15. The van der Waals surface area contributed by atoms with Crippen LogP contribution in [-0.4, -0.2) is 39.9 Å². The molecule has 0 spiro atoms. The second-order valence-electron chi connectivity index (χ2n) is 4.21. The molecular weight excluding hydrogens is 242 g/mol. The van der Waals surface area contributed by atoms with Crippen molar-refractivity contribution < 1.29 is 4.79 Å². The van der Waals surface area contributed by atoms with Gasteiger partial charge in [0.05, 0.1) is 0 Å². The quantitative estimate of drug-likeness (QED) is 0.864. The Labute approximate surface area is 113 Å². The number of aryl methyl sites for hydroxylation is 1. The van der Waals surface area contributed by atoms with Crippen LogP contribution in [0.1, 0.15) is 32.2 Å². The van der Waals surface area contributed by atoms with E-state index in [2.05, 4.69) is 15.3 Å². The van der Waals surface area contributed by atoms with E-state index in [1.54, 1.807) is 24.8 Å². The van der Waals surface area contributed by atoms with Crippen molar-refractivity contribution in [2.24, 2.45) is 0 Å². The van der Waals surface area contributed by atoms with E-state index in [4.69, 9.17) is 5.26 Å². The third-order valence-corrected chi connectivity index (χ3v) is 2.76. The van der Waals surface area contributed by atoms with E-state index in [1.807, 2.05) is 19.9 Å². The molecule has 0 radical (unpaired) electrons. The number of hydrogen-bond donors (Lipinski definition) is 1. The summed E-state index contributed by atoms with van der Waals surface area (Å²) in [5.74, 6) is 0.304. The molecule has 1 unspecified atom stereocenters. The standard InChI is InChI=1S/C13H19N5O/c1-5-18(6-2)12(19)10(4)16-13-15-9(3)7-11(8-14)17-13/h7,10H,5-6H2,1-4H3,(H,15,16,17). The van der Waals surface area contributed by atoms with Crippen LogP contribution in [0.25, 0.3) is 0 Å². The maximum absolute atomic E-state index is 12.1. The maximum Gasteiger partial charge on any atom is 0.244 e. The van der Waals surface area contributed by atoms with E-state index in [1.165, 1.54) is 0 Å². The Morgan fingerprint density at radius 2 is 2.11 bits per heavy atom. The first kappa shape index (κ1) is 14.9. The van der Waals surface area contributed by atoms with Crippen LogP contribution in [0, 0.1) is 18.3 Å². The number of aromatic nitrogens is 2. The molecule has 0 aliphatic rings. The van der Waals surface area contributed by atoms with Gasteiger partial charge in [0.15, 0.2) is 0 Å². The number of amides is 1. The van der Waals surface area contributed by atoms with Crippen molar-refractivity contribution in [3.63, 3.8) is 0 Å². The fourth-order valence-electron chi connectivity index (χ4n) is 1.75. The van der Waals surface area contributed by atoms with Crippen LogP contribution in [-0.2, 0) is 4.79 Å². The lowest BCUT2D eigenvalue weighted by Gasteiger charge is -2.23. The molecule has 0 aliphatic carbocycles. The van der Waals surface area contributed by atoms with Crippen molar-refractivity contribution in [3.05, 3.63) is 17.5 Å². The van der Waals surface area contributed by atoms with Gasteiger partial charge in [-0.15, -0.1) is 0 Å². The molecule has 1 amide bonds. The summed E-state index contributed by atoms with van der Waals surface area (Å²) in [7, 11) is 0. The SMILES string of the molecule is CCN(CC)C(=O)C(C)Nc1nc(C)cc(C#N)n1. The summed E-state index contributed by atoms with van der Waals surface area (Å²) in [4.78, 5) is 22.0. The lowest BCUT2D eigenvalue weighted by Crippen LogP contribution is -2.41. The molecule has 19 heavy (non-hydrogen) atoms. The fourth-order valence-corrected chi connectivity index (χ4v) is 1.75. The zero-order valence-electron chi connectivity index (χ0n) is 11.8. The molecule has 0 bridgehead atoms. The Hall–Kier alpha value is -2.16. The van der Waals surface area contributed by atoms with Crippen molar-refractivity contribution in [3.8, 4) is 6.07 Å². The molecule has 0 aromatic carbocycles. The third-order valence-electron chi connectivity index (χ3n) is 2.76. The maximum atomic E-state index is 12.1. The first-order valence-corrected chi connectivity index (χ1v) is 6.32. The molecule has 1 rings (SSSR count). The van der Waals surface area contributed by atoms with Gasteiger partial charge in [-0.1, -0.05) is 0 Å². The zero-order chi connectivity index (χ0) is 14.4. The predicted octanol–water partition coefficient (Wildman–Crippen LogP) is 1.33. The van der Waals surface area contributed by atoms with Gasteiger partial charge in [0.2, 0.25) is 11.9 Å². The Morgan fingerprint density at radius 1 is 1.47 bits per heavy atom. The van der Waals surface area contributed by atoms with Gasteiger partial charge >= 0.3 is 0 Å². The summed E-state index contributed by atoms with van der Waals surface area (Å²) in [5, 5.41) is 11.8. The van der Waals surface area contributed by atoms with Gasteiger partial charge in [-0.05, 0) is 33.8 Å². The van der Waals surface area contributed by atoms with Gasteiger partial charge in [-0.25, -0.2) is 9.97 Å². The van der Waals surface area contributed by atoms with E-state index in [9.17, 15) is 4.79 Å². The monoisotopic (exact) mass is 261 g/mol. The summed E-state index contributed by atoms with van der Waals surface area (Å²) in [6.45, 7) is 8.75. The van der Waals surface area contributed by atoms with Gasteiger partial charge in [-0.3, -0.25) is 4.79 Å². The van der Waals surface area contributed by atoms with Crippen LogP contribution in [0.5, 0.6) is 0 Å². The van der Waals surface area contributed by atoms with Crippen molar-refractivity contribution in [1.82, 2.24) is 14.9 Å². The minimum atomic E-state index is -0.423. The number of rotatable bonds is 5. The van der Waals surface area contributed by atoms with Crippen LogP contribution < -0.4 is 5.32 Å². The Balaban J connectivity index is 2.82. The highest BCUT2D eigenvalue weighted by molar-refractivity contribution is 5.83. The lowest BCUT2D eigenvalue weighted by atomic mass is 10.3. The fraction of sp³-hybridized carbons (Fsp3) is 0.538. The van der Waals surface area contributed by atoms with E-state index in [0.717, 1.165) is 0 Å². The highest BCUT2D eigenvalue weighted by atomic mass is 16.2. The van der Waals surface area contributed by atoms with Crippen LogP contribution in [0.15, 0.2) is 6.07 Å². The smallest absolute Gasteiger partial charge is 0.244 e. The molecule has 0 saturated heterocycles. The number of hydrogen-bond acceptors (Lipinski definition) is 5. The second-order valence-corrected chi connectivity index (χ2v) is 4.21. The number of likely N-dealkylation sites (N-methyl/N-ethyl adjacent to an activating group) is 1. The Kier molecular flexibility index (Phi) is 5.24. The molecule has 102 valence electrons. The molecule has 1 aromatic rings. The topological polar surface area (TPSA) is 81.9 Å². The summed E-state index contributed by atoms with van der Waals surface area (Å²) in [6.07, 6.45) is 0. The van der Waals surface area contributed by atoms with Crippen molar-refractivity contribution in [2.45, 2.75) is 33.7 Å². The first-order valence-electron chi connectivity index (χ1n) is 6.32. The van der Waals surface area contributed by atoms with E-state index < -0.39 is 6.04 Å². The number of nitriles is 1. The highest BCUT2D eigenvalue weighted by Gasteiger charge is 2.18. The number of carbonyl (C=O) groups excluding carboxylic acids is 1. The van der Waals surface area contributed by atoms with Gasteiger partial charge < -0.3 is 10.2 Å². The number of nitrogens with one attached hydrogen (secondary N) is 1. The summed E-state index contributed by atoms with van der Waals surface area (Å²) < 4.78 is 0. The highest BCUT2D eigenvalue weighted by Crippen LogP contribution is 2.07. The van der Waals surface area contributed by atoms with Crippen LogP contribution in [0.4, 0.5) is 5.95 Å². The molecule has 1 aromatic heterocycles. The normalized spacial score (nSPS) is 11.5. The van der Waals surface area contributed by atoms with Crippen molar-refractivity contribution >= 4 is 11.9 Å². The summed E-state index contributed by atoms with van der Waals surface area (Å²) in [5.41, 5.74) is 0.981. The number of anilines is 1. The molecule has 0 fully saturated rings. The van der Waals surface area contributed by atoms with Crippen LogP contribution in [0.2, 0.25) is 0 Å². The van der Waals surface area contributed by atoms with Crippen molar-refractivity contribution in [1.29, 1.82) is 5.26 Å². The van der Waals surface area contributed by atoms with Gasteiger partial charge in [0.1, 0.15) is 17.8 Å². The van der Waals surface area contributed by atoms with Crippen molar-refractivity contribution in [2.75, 3.05) is 18.4 Å². The molecule has 0 aliphatic heterocycles. The zero-order valence-corrected chi connectivity index (χ0v) is 11.8. The van der Waals surface area contributed by atoms with E-state index >= 15 is 0 Å². The molecule has 0 saturated carbocycles. The molecule has 6 heteroatoms. The molecule has 1 N–H and O–H groups in total. The minimum absolute atomic E-state index is 0.00591. The molecular formula is C13H19N5O. The summed E-state index contributed by atoms with van der Waals surface area (Å²) >= 11 is 0. The third kappa shape index (κ3) is 3.91. The molecule has 1 heterocycles. The molecule has 1 atom stereocenters. The average molecular weight is 261 g/mol. The lowest BCUT2D eigenvalue weighted by molar-refractivity contribution is -0.131. The van der Waals surface area contributed by atoms with Gasteiger partial charge in [0.25, 0.3) is 0 Å². The average Bonchev–Trinajstić information content (AvgIpc) is 2.39. The largest absolute Gasteiger partial charge is 0.343 e. The number of nitrogens with zero attached hydrogens (tertiary/aromatic N) is 4. The number of carbonyl (C=O) groups is 1. The van der Waals surface area contributed by atoms with E-state index in [0.29, 0.717) is 24.7 Å². The first-order chi connectivity index (χ1) is 9.01. The van der Waals surface area contributed by atoms with Crippen LogP contribution in [0.3, 0.4) is 0 Å². The Bertz CT molecular complexity index is 490. The van der Waals surface area contributed by atoms with Gasteiger partial charge in [-0.2, -0.15) is 5.26 Å². The second kappa shape index (κ2) is 6.69. The van der Waals surface area contributed by atoms with E-state index in [-0.39, 0.29) is 11.6 Å².